The zero-order valence-electron chi connectivity index (χ0n) is 15.4. The number of fused-ring (bicyclic) bond motifs is 1. The first-order chi connectivity index (χ1) is 13.2. The topological polar surface area (TPSA) is 65.2 Å². The highest BCUT2D eigenvalue weighted by Crippen LogP contribution is 2.29. The lowest BCUT2D eigenvalue weighted by Crippen LogP contribution is -2.35. The summed E-state index contributed by atoms with van der Waals surface area (Å²) in [6.07, 6.45) is 3.00. The van der Waals surface area contributed by atoms with Gasteiger partial charge in [0, 0.05) is 36.8 Å². The van der Waals surface area contributed by atoms with Gasteiger partial charge in [0.25, 0.3) is 11.5 Å². The van der Waals surface area contributed by atoms with Gasteiger partial charge in [-0.1, -0.05) is 24.3 Å². The van der Waals surface area contributed by atoms with Crippen LogP contribution in [0.1, 0.15) is 46.1 Å². The first kappa shape index (κ1) is 18.3. The van der Waals surface area contributed by atoms with Gasteiger partial charge in [-0.15, -0.1) is 0 Å². The number of nitrogens with one attached hydrogen (secondary N) is 2. The van der Waals surface area contributed by atoms with E-state index in [2.05, 4.69) is 27.3 Å². The molecule has 1 saturated heterocycles. The van der Waals surface area contributed by atoms with Crippen molar-refractivity contribution in [3.05, 3.63) is 69.1 Å². The number of aryl methyl sites for hydroxylation is 1. The monoisotopic (exact) mass is 383 g/mol. The zero-order chi connectivity index (χ0) is 18.6. The van der Waals surface area contributed by atoms with Crippen LogP contribution in [0.2, 0.25) is 0 Å². The minimum absolute atomic E-state index is 0.0209. The SMILES string of the molecule is O=C(NC1CCCc2ccccc21)c1ccc(CN2CCSCC2)[nH]c1=O. The van der Waals surface area contributed by atoms with Gasteiger partial charge < -0.3 is 10.3 Å². The Bertz CT molecular complexity index is 874. The summed E-state index contributed by atoms with van der Waals surface area (Å²) in [5, 5.41) is 3.06. The number of H-pyrrole nitrogens is 1. The van der Waals surface area contributed by atoms with Crippen LogP contribution in [0.3, 0.4) is 0 Å². The van der Waals surface area contributed by atoms with Crippen LogP contribution in [0, 0.1) is 0 Å². The second-order valence-corrected chi connectivity index (χ2v) is 8.46. The first-order valence-corrected chi connectivity index (χ1v) is 10.8. The van der Waals surface area contributed by atoms with Gasteiger partial charge in [-0.3, -0.25) is 14.5 Å². The van der Waals surface area contributed by atoms with E-state index >= 15 is 0 Å². The third-order valence-electron chi connectivity index (χ3n) is 5.39. The van der Waals surface area contributed by atoms with E-state index < -0.39 is 0 Å². The average molecular weight is 384 g/mol. The summed E-state index contributed by atoms with van der Waals surface area (Å²) in [4.78, 5) is 30.4. The molecule has 5 nitrogen and oxygen atoms in total. The fraction of sp³-hybridized carbons (Fsp3) is 0.429. The Labute approximate surface area is 163 Å². The summed E-state index contributed by atoms with van der Waals surface area (Å²) in [7, 11) is 0. The van der Waals surface area contributed by atoms with Crippen LogP contribution < -0.4 is 10.9 Å². The maximum Gasteiger partial charge on any atom is 0.261 e. The lowest BCUT2D eigenvalue weighted by Gasteiger charge is -2.26. The van der Waals surface area contributed by atoms with Gasteiger partial charge in [-0.05, 0) is 42.5 Å². The number of hydrogen-bond acceptors (Lipinski definition) is 4. The van der Waals surface area contributed by atoms with E-state index in [4.69, 9.17) is 0 Å². The zero-order valence-corrected chi connectivity index (χ0v) is 16.2. The van der Waals surface area contributed by atoms with Crippen molar-refractivity contribution in [3.63, 3.8) is 0 Å². The minimum Gasteiger partial charge on any atom is -0.345 e. The Morgan fingerprint density at radius 3 is 2.81 bits per heavy atom. The predicted molar refractivity (Wildman–Crippen MR) is 109 cm³/mol. The van der Waals surface area contributed by atoms with Crippen molar-refractivity contribution in [2.24, 2.45) is 0 Å². The van der Waals surface area contributed by atoms with Crippen molar-refractivity contribution in [1.82, 2.24) is 15.2 Å². The Balaban J connectivity index is 1.45. The third kappa shape index (κ3) is 4.28. The molecule has 1 aliphatic carbocycles. The molecule has 2 N–H and O–H groups in total. The molecule has 2 aromatic rings. The minimum atomic E-state index is -0.305. The molecule has 1 atom stereocenters. The fourth-order valence-electron chi connectivity index (χ4n) is 3.93. The number of nitrogens with zero attached hydrogens (tertiary/aromatic N) is 1. The second-order valence-electron chi connectivity index (χ2n) is 7.23. The molecule has 6 heteroatoms. The lowest BCUT2D eigenvalue weighted by atomic mass is 9.87. The number of carbonyl (C=O) groups is 1. The lowest BCUT2D eigenvalue weighted by molar-refractivity contribution is 0.0931. The molecule has 4 rings (SSSR count). The molecule has 27 heavy (non-hydrogen) atoms. The van der Waals surface area contributed by atoms with E-state index in [0.29, 0.717) is 0 Å². The maximum absolute atomic E-state index is 12.7. The Kier molecular flexibility index (Phi) is 5.64. The van der Waals surface area contributed by atoms with Crippen LogP contribution >= 0.6 is 11.8 Å². The molecule has 0 spiro atoms. The van der Waals surface area contributed by atoms with Crippen LogP contribution in [0.5, 0.6) is 0 Å². The van der Waals surface area contributed by atoms with Crippen molar-refractivity contribution in [2.75, 3.05) is 24.6 Å². The van der Waals surface area contributed by atoms with Gasteiger partial charge in [0.1, 0.15) is 5.56 Å². The van der Waals surface area contributed by atoms with E-state index in [1.807, 2.05) is 30.0 Å². The van der Waals surface area contributed by atoms with Crippen LogP contribution in [0.15, 0.2) is 41.2 Å². The molecule has 0 radical (unpaired) electrons. The number of aromatic amines is 1. The number of aromatic nitrogens is 1. The molecule has 2 heterocycles. The average Bonchev–Trinajstić information content (AvgIpc) is 2.69. The molecule has 1 unspecified atom stereocenters. The van der Waals surface area contributed by atoms with E-state index in [1.165, 1.54) is 11.1 Å². The van der Waals surface area contributed by atoms with Gasteiger partial charge >= 0.3 is 0 Å². The number of pyridine rings is 1. The number of hydrogen-bond donors (Lipinski definition) is 2. The molecule has 0 bridgehead atoms. The normalized spacial score (nSPS) is 20.1. The molecule has 0 saturated carbocycles. The molecule has 142 valence electrons. The Morgan fingerprint density at radius 1 is 1.19 bits per heavy atom. The molecule has 1 aromatic heterocycles. The Hall–Kier alpha value is -2.05. The predicted octanol–water partition coefficient (Wildman–Crippen LogP) is 2.73. The van der Waals surface area contributed by atoms with E-state index in [0.717, 1.165) is 56.1 Å². The van der Waals surface area contributed by atoms with E-state index in [1.54, 1.807) is 6.07 Å². The van der Waals surface area contributed by atoms with Gasteiger partial charge in [0.05, 0.1) is 6.04 Å². The van der Waals surface area contributed by atoms with Gasteiger partial charge in [-0.2, -0.15) is 11.8 Å². The van der Waals surface area contributed by atoms with E-state index in [-0.39, 0.29) is 23.1 Å². The molecule has 2 aliphatic rings. The summed E-state index contributed by atoms with van der Waals surface area (Å²) in [5.41, 5.74) is 3.22. The molecule has 1 amide bonds. The highest BCUT2D eigenvalue weighted by atomic mass is 32.2. The third-order valence-corrected chi connectivity index (χ3v) is 6.33. The van der Waals surface area contributed by atoms with E-state index in [9.17, 15) is 9.59 Å². The van der Waals surface area contributed by atoms with Crippen LogP contribution in [-0.4, -0.2) is 40.4 Å². The summed E-state index contributed by atoms with van der Waals surface area (Å²) < 4.78 is 0. The highest BCUT2D eigenvalue weighted by Gasteiger charge is 2.23. The van der Waals surface area contributed by atoms with Crippen molar-refractivity contribution in [2.45, 2.75) is 31.8 Å². The van der Waals surface area contributed by atoms with Crippen LogP contribution in [0.25, 0.3) is 0 Å². The fourth-order valence-corrected chi connectivity index (χ4v) is 4.90. The van der Waals surface area contributed by atoms with Crippen LogP contribution in [-0.2, 0) is 13.0 Å². The summed E-state index contributed by atoms with van der Waals surface area (Å²) in [6, 6.07) is 11.7. The van der Waals surface area contributed by atoms with Crippen molar-refractivity contribution in [3.8, 4) is 0 Å². The van der Waals surface area contributed by atoms with Gasteiger partial charge in [0.15, 0.2) is 0 Å². The quantitative estimate of drug-likeness (QED) is 0.852. The smallest absolute Gasteiger partial charge is 0.261 e. The molecule has 1 fully saturated rings. The number of thioether (sulfide) groups is 1. The summed E-state index contributed by atoms with van der Waals surface area (Å²) in [5.74, 6) is 1.97. The number of carbonyl (C=O) groups excluding carboxylic acids is 1. The largest absolute Gasteiger partial charge is 0.345 e. The Morgan fingerprint density at radius 2 is 2.00 bits per heavy atom. The summed E-state index contributed by atoms with van der Waals surface area (Å²) in [6.45, 7) is 2.81. The number of rotatable bonds is 4. The standard InChI is InChI=1S/C21H25N3O2S/c25-20-18(9-8-16(22-20)14-24-10-12-27-13-11-24)21(26)23-19-7-3-5-15-4-1-2-6-17(15)19/h1-2,4,6,8-9,19H,3,5,7,10-14H2,(H,22,25)(H,23,26). The summed E-state index contributed by atoms with van der Waals surface area (Å²) >= 11 is 1.96. The second kappa shape index (κ2) is 8.31. The first-order valence-electron chi connectivity index (χ1n) is 9.62. The molecular formula is C21H25N3O2S. The molecular weight excluding hydrogens is 358 g/mol. The number of amides is 1. The molecule has 1 aromatic carbocycles. The highest BCUT2D eigenvalue weighted by molar-refractivity contribution is 7.99. The molecule has 1 aliphatic heterocycles. The maximum atomic E-state index is 12.7. The van der Waals surface area contributed by atoms with Crippen LogP contribution in [0.4, 0.5) is 0 Å². The van der Waals surface area contributed by atoms with Gasteiger partial charge in [-0.25, -0.2) is 0 Å². The van der Waals surface area contributed by atoms with Crippen molar-refractivity contribution in [1.29, 1.82) is 0 Å². The van der Waals surface area contributed by atoms with Crippen molar-refractivity contribution < 1.29 is 4.79 Å². The van der Waals surface area contributed by atoms with Crippen molar-refractivity contribution >= 4 is 17.7 Å². The van der Waals surface area contributed by atoms with Gasteiger partial charge in [0.2, 0.25) is 0 Å². The number of benzene rings is 1.